The number of nitriles is 1. The summed E-state index contributed by atoms with van der Waals surface area (Å²) in [6.45, 7) is 3.52. The Kier molecular flexibility index (Phi) is 7.73. The number of rotatable bonds is 8. The zero-order valence-electron chi connectivity index (χ0n) is 17.7. The average Bonchev–Trinajstić information content (AvgIpc) is 2.79. The fraction of sp³-hybridized carbons (Fsp3) is 0.500. The number of benzene rings is 1. The van der Waals surface area contributed by atoms with Crippen molar-refractivity contribution in [3.63, 3.8) is 0 Å². The summed E-state index contributed by atoms with van der Waals surface area (Å²) in [5.74, 6) is -1.79. The third kappa shape index (κ3) is 5.27. The van der Waals surface area contributed by atoms with Crippen LogP contribution in [0.5, 0.6) is 0 Å². The van der Waals surface area contributed by atoms with Crippen molar-refractivity contribution in [2.45, 2.75) is 25.7 Å². The summed E-state index contributed by atoms with van der Waals surface area (Å²) in [5, 5.41) is 9.75. The van der Waals surface area contributed by atoms with Crippen molar-refractivity contribution in [2.75, 3.05) is 44.9 Å². The van der Waals surface area contributed by atoms with Crippen LogP contribution in [-0.2, 0) is 23.8 Å². The van der Waals surface area contributed by atoms with E-state index in [1.165, 1.54) is 7.11 Å². The van der Waals surface area contributed by atoms with Crippen LogP contribution < -0.4 is 4.90 Å². The van der Waals surface area contributed by atoms with E-state index in [1.54, 1.807) is 13.0 Å². The lowest BCUT2D eigenvalue weighted by Gasteiger charge is -2.33. The third-order valence-corrected chi connectivity index (χ3v) is 5.16. The van der Waals surface area contributed by atoms with E-state index in [0.29, 0.717) is 49.4 Å². The maximum absolute atomic E-state index is 12.6. The maximum atomic E-state index is 12.6. The van der Waals surface area contributed by atoms with Crippen LogP contribution in [0.3, 0.4) is 0 Å². The highest BCUT2D eigenvalue weighted by Gasteiger charge is 2.33. The second-order valence-corrected chi connectivity index (χ2v) is 7.16. The number of esters is 2. The number of para-hydroxylation sites is 2. The number of piperidine rings is 1. The number of carbonyl (C=O) groups is 2. The average molecular weight is 426 g/mol. The Morgan fingerprint density at radius 1 is 1.16 bits per heavy atom. The molecule has 31 heavy (non-hydrogen) atoms. The van der Waals surface area contributed by atoms with Crippen molar-refractivity contribution in [1.82, 2.24) is 9.97 Å². The summed E-state index contributed by atoms with van der Waals surface area (Å²) in [4.78, 5) is 35.9. The lowest BCUT2D eigenvalue weighted by molar-refractivity contribution is -0.148. The highest BCUT2D eigenvalue weighted by atomic mass is 16.6. The largest absolute Gasteiger partial charge is 0.466 e. The van der Waals surface area contributed by atoms with E-state index >= 15 is 0 Å². The predicted octanol–water partition coefficient (Wildman–Crippen LogP) is 2.21. The zero-order valence-corrected chi connectivity index (χ0v) is 17.7. The number of ether oxygens (including phenoxy) is 3. The second-order valence-electron chi connectivity index (χ2n) is 7.16. The van der Waals surface area contributed by atoms with Crippen LogP contribution in [0, 0.1) is 17.2 Å². The van der Waals surface area contributed by atoms with Gasteiger partial charge < -0.3 is 19.1 Å². The molecule has 0 unspecified atom stereocenters. The fourth-order valence-electron chi connectivity index (χ4n) is 3.55. The van der Waals surface area contributed by atoms with Crippen molar-refractivity contribution in [3.8, 4) is 6.07 Å². The number of hydrogen-bond acceptors (Lipinski definition) is 9. The first-order valence-corrected chi connectivity index (χ1v) is 10.3. The molecule has 0 amide bonds. The normalized spacial score (nSPS) is 15.3. The van der Waals surface area contributed by atoms with E-state index in [2.05, 4.69) is 4.98 Å². The third-order valence-electron chi connectivity index (χ3n) is 5.16. The van der Waals surface area contributed by atoms with Crippen molar-refractivity contribution < 1.29 is 23.8 Å². The topological polar surface area (TPSA) is 115 Å². The molecule has 1 aliphatic heterocycles. The molecule has 0 spiro atoms. The quantitative estimate of drug-likeness (QED) is 0.463. The van der Waals surface area contributed by atoms with Gasteiger partial charge >= 0.3 is 11.9 Å². The Bertz CT molecular complexity index is 966. The van der Waals surface area contributed by atoms with Crippen molar-refractivity contribution in [3.05, 3.63) is 30.0 Å². The van der Waals surface area contributed by atoms with Gasteiger partial charge in [-0.05, 0) is 31.9 Å². The summed E-state index contributed by atoms with van der Waals surface area (Å²) in [6, 6.07) is 9.31. The zero-order chi connectivity index (χ0) is 22.2. The molecule has 9 nitrogen and oxygen atoms in total. The molecule has 1 saturated heterocycles. The molecular weight excluding hydrogens is 400 g/mol. The van der Waals surface area contributed by atoms with Gasteiger partial charge in [0.15, 0.2) is 11.7 Å². The molecule has 0 bridgehead atoms. The Balaban J connectivity index is 1.90. The van der Waals surface area contributed by atoms with Crippen LogP contribution in [-0.4, -0.2) is 61.9 Å². The molecule has 1 aromatic carbocycles. The molecule has 1 fully saturated rings. The Hall–Kier alpha value is -3.25. The van der Waals surface area contributed by atoms with Gasteiger partial charge in [-0.15, -0.1) is 0 Å². The minimum Gasteiger partial charge on any atom is -0.466 e. The molecular formula is C22H26N4O5. The van der Waals surface area contributed by atoms with Gasteiger partial charge in [-0.3, -0.25) is 9.59 Å². The number of carbonyl (C=O) groups excluding carboxylic acids is 2. The Labute approximate surface area is 180 Å². The number of nitrogens with zero attached hydrogens (tertiary/aromatic N) is 4. The molecule has 0 aliphatic carbocycles. The van der Waals surface area contributed by atoms with E-state index in [1.807, 2.05) is 29.2 Å². The van der Waals surface area contributed by atoms with Gasteiger partial charge in [-0.2, -0.15) is 5.26 Å². The lowest BCUT2D eigenvalue weighted by atomic mass is 9.96. The van der Waals surface area contributed by atoms with Gasteiger partial charge in [0.1, 0.15) is 12.3 Å². The Morgan fingerprint density at radius 2 is 1.84 bits per heavy atom. The number of hydrogen-bond donors (Lipinski definition) is 0. The standard InChI is InChI=1S/C22H26N4O5/c1-3-30-21(27)15-8-10-26(11-9-15)20-19(16(14-23)22(28)31-13-12-29-2)24-17-6-4-5-7-18(17)25-20/h4-7,15-16H,3,8-13H2,1-2H3/t16-/m1/s1. The van der Waals surface area contributed by atoms with Gasteiger partial charge in [-0.25, -0.2) is 9.97 Å². The first-order valence-electron chi connectivity index (χ1n) is 10.3. The SMILES string of the molecule is CCOC(=O)C1CCN(c2nc3ccccc3nc2[C@@H](C#N)C(=O)OCCOC)CC1. The summed E-state index contributed by atoms with van der Waals surface area (Å²) in [7, 11) is 1.50. The summed E-state index contributed by atoms with van der Waals surface area (Å²) < 4.78 is 15.2. The molecule has 1 aromatic heterocycles. The van der Waals surface area contributed by atoms with E-state index in [-0.39, 0.29) is 30.8 Å². The van der Waals surface area contributed by atoms with Gasteiger partial charge in [0.25, 0.3) is 0 Å². The van der Waals surface area contributed by atoms with Crippen LogP contribution in [0.25, 0.3) is 11.0 Å². The van der Waals surface area contributed by atoms with Gasteiger partial charge in [-0.1, -0.05) is 12.1 Å². The van der Waals surface area contributed by atoms with Crippen molar-refractivity contribution in [2.24, 2.45) is 5.92 Å². The first-order chi connectivity index (χ1) is 15.1. The van der Waals surface area contributed by atoms with Gasteiger partial charge in [0.2, 0.25) is 0 Å². The van der Waals surface area contributed by atoms with E-state index < -0.39 is 11.9 Å². The number of methoxy groups -OCH3 is 1. The monoisotopic (exact) mass is 426 g/mol. The highest BCUT2D eigenvalue weighted by Crippen LogP contribution is 2.31. The smallest absolute Gasteiger partial charge is 0.329 e. The summed E-state index contributed by atoms with van der Waals surface area (Å²) in [5.41, 5.74) is 1.52. The number of anilines is 1. The van der Waals surface area contributed by atoms with Crippen LogP contribution >= 0.6 is 0 Å². The summed E-state index contributed by atoms with van der Waals surface area (Å²) >= 11 is 0. The molecule has 164 valence electrons. The molecule has 2 aromatic rings. The molecule has 0 saturated carbocycles. The van der Waals surface area contributed by atoms with Crippen LogP contribution in [0.15, 0.2) is 24.3 Å². The van der Waals surface area contributed by atoms with E-state index in [9.17, 15) is 14.9 Å². The number of fused-ring (bicyclic) bond motifs is 1. The fourth-order valence-corrected chi connectivity index (χ4v) is 3.55. The van der Waals surface area contributed by atoms with Crippen molar-refractivity contribution in [1.29, 1.82) is 5.26 Å². The maximum Gasteiger partial charge on any atom is 0.329 e. The molecule has 0 radical (unpaired) electrons. The van der Waals surface area contributed by atoms with Crippen LogP contribution in [0.2, 0.25) is 0 Å². The van der Waals surface area contributed by atoms with Gasteiger partial charge in [0, 0.05) is 20.2 Å². The molecule has 0 N–H and O–H groups in total. The van der Waals surface area contributed by atoms with Crippen LogP contribution in [0.4, 0.5) is 5.82 Å². The molecule has 1 atom stereocenters. The van der Waals surface area contributed by atoms with Crippen LogP contribution in [0.1, 0.15) is 31.4 Å². The van der Waals surface area contributed by atoms with Crippen molar-refractivity contribution >= 4 is 28.8 Å². The first kappa shape index (κ1) is 22.4. The minimum atomic E-state index is -1.22. The van der Waals surface area contributed by atoms with E-state index in [0.717, 1.165) is 0 Å². The highest BCUT2D eigenvalue weighted by molar-refractivity contribution is 5.85. The minimum absolute atomic E-state index is 0.0504. The van der Waals surface area contributed by atoms with Gasteiger partial charge in [0.05, 0.1) is 36.2 Å². The summed E-state index contributed by atoms with van der Waals surface area (Å²) in [6.07, 6.45) is 1.20. The molecule has 2 heterocycles. The predicted molar refractivity (Wildman–Crippen MR) is 112 cm³/mol. The number of aromatic nitrogens is 2. The second kappa shape index (κ2) is 10.7. The lowest BCUT2D eigenvalue weighted by Crippen LogP contribution is -2.38. The molecule has 3 rings (SSSR count). The molecule has 1 aliphatic rings. The van der Waals surface area contributed by atoms with E-state index in [4.69, 9.17) is 19.2 Å². The Morgan fingerprint density at radius 3 is 2.45 bits per heavy atom. The molecule has 9 heteroatoms.